The number of hydrogen-bond acceptors (Lipinski definition) is 6. The van der Waals surface area contributed by atoms with Gasteiger partial charge in [0.25, 0.3) is 0 Å². The molecular weight excluding hydrogens is 420 g/mol. The highest BCUT2D eigenvalue weighted by Crippen LogP contribution is 2.15. The molecule has 2 aromatic rings. The molecule has 0 bridgehead atoms. The zero-order valence-corrected chi connectivity index (χ0v) is 19.4. The summed E-state index contributed by atoms with van der Waals surface area (Å²) in [4.78, 5) is 23.4. The van der Waals surface area contributed by atoms with Crippen molar-refractivity contribution < 1.29 is 28.5 Å². The molecular formula is C27H32O6. The van der Waals surface area contributed by atoms with E-state index in [1.807, 2.05) is 36.4 Å². The van der Waals surface area contributed by atoms with E-state index in [0.717, 1.165) is 37.0 Å². The van der Waals surface area contributed by atoms with Crippen molar-refractivity contribution in [2.45, 2.75) is 32.6 Å². The summed E-state index contributed by atoms with van der Waals surface area (Å²) in [5, 5.41) is 0. The first-order chi connectivity index (χ1) is 16.0. The number of ether oxygens (including phenoxy) is 4. The van der Waals surface area contributed by atoms with Crippen molar-refractivity contribution in [1.82, 2.24) is 0 Å². The minimum absolute atomic E-state index is 0.351. The van der Waals surface area contributed by atoms with E-state index in [9.17, 15) is 9.59 Å². The van der Waals surface area contributed by atoms with Crippen LogP contribution in [0, 0.1) is 0 Å². The average molecular weight is 453 g/mol. The summed E-state index contributed by atoms with van der Waals surface area (Å²) in [5.41, 5.74) is 1.95. The van der Waals surface area contributed by atoms with Gasteiger partial charge in [0.2, 0.25) is 0 Å². The van der Waals surface area contributed by atoms with Crippen LogP contribution in [-0.4, -0.2) is 38.9 Å². The van der Waals surface area contributed by atoms with Gasteiger partial charge in [-0.25, -0.2) is 9.59 Å². The van der Waals surface area contributed by atoms with Crippen molar-refractivity contribution in [3.8, 4) is 11.5 Å². The van der Waals surface area contributed by atoms with Gasteiger partial charge in [-0.2, -0.15) is 0 Å². The Bertz CT molecular complexity index is 913. The molecule has 0 fully saturated rings. The van der Waals surface area contributed by atoms with Gasteiger partial charge in [-0.1, -0.05) is 24.8 Å². The molecule has 0 saturated heterocycles. The fourth-order valence-corrected chi connectivity index (χ4v) is 2.82. The third-order valence-corrected chi connectivity index (χ3v) is 4.72. The van der Waals surface area contributed by atoms with E-state index in [2.05, 4.69) is 6.58 Å². The summed E-state index contributed by atoms with van der Waals surface area (Å²) >= 11 is 0. The number of unbranched alkanes of at least 4 members (excludes halogenated alkanes) is 3. The first-order valence-electron chi connectivity index (χ1n) is 11.0. The summed E-state index contributed by atoms with van der Waals surface area (Å²) in [6.07, 6.45) is 7.24. The number of hydrogen-bond donors (Lipinski definition) is 0. The van der Waals surface area contributed by atoms with Gasteiger partial charge < -0.3 is 18.9 Å². The Kier molecular flexibility index (Phi) is 11.3. The smallest absolute Gasteiger partial charge is 0.338 e. The Balaban J connectivity index is 1.59. The normalized spacial score (nSPS) is 10.6. The molecule has 0 aromatic heterocycles. The molecule has 0 radical (unpaired) electrons. The number of esters is 2. The first-order valence-corrected chi connectivity index (χ1v) is 11.0. The van der Waals surface area contributed by atoms with E-state index in [1.165, 1.54) is 0 Å². The van der Waals surface area contributed by atoms with Crippen LogP contribution >= 0.6 is 0 Å². The van der Waals surface area contributed by atoms with Crippen LogP contribution in [0.5, 0.6) is 11.5 Å². The van der Waals surface area contributed by atoms with Gasteiger partial charge in [0.15, 0.2) is 0 Å². The average Bonchev–Trinajstić information content (AvgIpc) is 2.83. The monoisotopic (exact) mass is 452 g/mol. The Morgan fingerprint density at radius 2 is 1.45 bits per heavy atom. The standard InChI is InChI=1S/C27H32O6/c1-21(2)26(28)32-18-6-4-5-7-19-33-27(29)23-12-16-25(17-13-23)31-20-8-9-22-10-14-24(30-3)15-11-22/h8-17H,1,4-7,18-20H2,2-3H3. The highest BCUT2D eigenvalue weighted by Gasteiger charge is 2.07. The number of benzene rings is 2. The molecule has 0 aliphatic rings. The summed E-state index contributed by atoms with van der Waals surface area (Å²) in [6, 6.07) is 14.6. The van der Waals surface area contributed by atoms with E-state index in [1.54, 1.807) is 38.3 Å². The Hall–Kier alpha value is -3.54. The fourth-order valence-electron chi connectivity index (χ4n) is 2.82. The summed E-state index contributed by atoms with van der Waals surface area (Å²) < 4.78 is 21.2. The van der Waals surface area contributed by atoms with Crippen molar-refractivity contribution >= 4 is 18.0 Å². The highest BCUT2D eigenvalue weighted by atomic mass is 16.5. The molecule has 6 nitrogen and oxygen atoms in total. The molecule has 0 spiro atoms. The minimum Gasteiger partial charge on any atom is -0.497 e. The molecule has 0 heterocycles. The van der Waals surface area contributed by atoms with Crippen LogP contribution in [0.1, 0.15) is 48.5 Å². The maximum absolute atomic E-state index is 12.1. The lowest BCUT2D eigenvalue weighted by atomic mass is 10.2. The molecule has 0 aliphatic carbocycles. The Labute approximate surface area is 195 Å². The molecule has 2 rings (SSSR count). The second-order valence-electron chi connectivity index (χ2n) is 7.48. The quantitative estimate of drug-likeness (QED) is 0.210. The van der Waals surface area contributed by atoms with Crippen molar-refractivity contribution in [2.24, 2.45) is 0 Å². The van der Waals surface area contributed by atoms with Gasteiger partial charge in [0, 0.05) is 5.57 Å². The molecule has 0 unspecified atom stereocenters. The van der Waals surface area contributed by atoms with Gasteiger partial charge in [0.1, 0.15) is 18.1 Å². The second-order valence-corrected chi connectivity index (χ2v) is 7.48. The number of rotatable bonds is 14. The third kappa shape index (κ3) is 10.1. The van der Waals surface area contributed by atoms with Crippen LogP contribution in [0.3, 0.4) is 0 Å². The first kappa shape index (κ1) is 25.7. The fraction of sp³-hybridized carbons (Fsp3) is 0.333. The molecule has 176 valence electrons. The van der Waals surface area contributed by atoms with Crippen LogP contribution in [0.2, 0.25) is 0 Å². The van der Waals surface area contributed by atoms with Crippen molar-refractivity contribution in [1.29, 1.82) is 0 Å². The molecule has 0 saturated carbocycles. The van der Waals surface area contributed by atoms with Crippen LogP contribution in [0.25, 0.3) is 6.08 Å². The molecule has 0 N–H and O–H groups in total. The van der Waals surface area contributed by atoms with E-state index < -0.39 is 0 Å². The van der Waals surface area contributed by atoms with Crippen molar-refractivity contribution in [3.63, 3.8) is 0 Å². The van der Waals surface area contributed by atoms with Crippen LogP contribution in [0.15, 0.2) is 66.8 Å². The molecule has 6 heteroatoms. The number of carbonyl (C=O) groups excluding carboxylic acids is 2. The predicted molar refractivity (Wildman–Crippen MR) is 128 cm³/mol. The Morgan fingerprint density at radius 1 is 0.848 bits per heavy atom. The zero-order chi connectivity index (χ0) is 23.9. The van der Waals surface area contributed by atoms with Crippen molar-refractivity contribution in [3.05, 3.63) is 77.9 Å². The lowest BCUT2D eigenvalue weighted by Gasteiger charge is -2.07. The molecule has 0 aliphatic heterocycles. The van der Waals surface area contributed by atoms with Crippen LogP contribution < -0.4 is 9.47 Å². The lowest BCUT2D eigenvalue weighted by molar-refractivity contribution is -0.139. The van der Waals surface area contributed by atoms with Crippen LogP contribution in [-0.2, 0) is 14.3 Å². The molecule has 0 atom stereocenters. The molecule has 33 heavy (non-hydrogen) atoms. The van der Waals surface area contributed by atoms with Gasteiger partial charge >= 0.3 is 11.9 Å². The highest BCUT2D eigenvalue weighted by molar-refractivity contribution is 5.89. The molecule has 2 aromatic carbocycles. The topological polar surface area (TPSA) is 71.1 Å². The maximum atomic E-state index is 12.1. The predicted octanol–water partition coefficient (Wildman–Crippen LogP) is 5.62. The largest absolute Gasteiger partial charge is 0.497 e. The van der Waals surface area contributed by atoms with E-state index in [4.69, 9.17) is 18.9 Å². The van der Waals surface area contributed by atoms with E-state index in [-0.39, 0.29) is 11.9 Å². The maximum Gasteiger partial charge on any atom is 0.338 e. The van der Waals surface area contributed by atoms with Gasteiger partial charge in [-0.3, -0.25) is 0 Å². The second kappa shape index (κ2) is 14.5. The summed E-state index contributed by atoms with van der Waals surface area (Å²) in [6.45, 7) is 6.33. The third-order valence-electron chi connectivity index (χ3n) is 4.72. The van der Waals surface area contributed by atoms with Crippen LogP contribution in [0.4, 0.5) is 0 Å². The number of methoxy groups -OCH3 is 1. The van der Waals surface area contributed by atoms with E-state index >= 15 is 0 Å². The lowest BCUT2D eigenvalue weighted by Crippen LogP contribution is -2.07. The minimum atomic E-state index is -0.356. The van der Waals surface area contributed by atoms with Gasteiger partial charge in [-0.05, 0) is 80.6 Å². The number of carbonyl (C=O) groups is 2. The van der Waals surface area contributed by atoms with Gasteiger partial charge in [0.05, 0.1) is 25.9 Å². The zero-order valence-electron chi connectivity index (χ0n) is 19.4. The SMILES string of the molecule is C=C(C)C(=O)OCCCCCCOC(=O)c1ccc(OCC=Cc2ccc(OC)cc2)cc1. The molecule has 0 amide bonds. The van der Waals surface area contributed by atoms with E-state index in [0.29, 0.717) is 36.7 Å². The van der Waals surface area contributed by atoms with Crippen molar-refractivity contribution in [2.75, 3.05) is 26.9 Å². The Morgan fingerprint density at radius 3 is 2.06 bits per heavy atom. The van der Waals surface area contributed by atoms with Gasteiger partial charge in [-0.15, -0.1) is 0 Å². The summed E-state index contributed by atoms with van der Waals surface area (Å²) in [7, 11) is 1.64. The summed E-state index contributed by atoms with van der Waals surface area (Å²) in [5.74, 6) is 0.792.